The molecule has 0 saturated heterocycles. The number of nitrogens with zero attached hydrogens (tertiary/aromatic N) is 2. The van der Waals surface area contributed by atoms with Crippen molar-refractivity contribution >= 4 is 0 Å². The largest absolute Gasteiger partial charge is 0.269 e. The molecule has 89 valence electrons. The second-order valence-electron chi connectivity index (χ2n) is 4.33. The molecule has 0 unspecified atom stereocenters. The van der Waals surface area contributed by atoms with Gasteiger partial charge in [0, 0.05) is 12.2 Å². The maximum absolute atomic E-state index is 4.28. The molecule has 17 heavy (non-hydrogen) atoms. The molecule has 2 nitrogen and oxygen atoms in total. The highest BCUT2D eigenvalue weighted by molar-refractivity contribution is 5.14. The van der Waals surface area contributed by atoms with Gasteiger partial charge in [0.2, 0.25) is 0 Å². The Morgan fingerprint density at radius 3 is 2.76 bits per heavy atom. The molecule has 1 aromatic heterocycles. The Morgan fingerprint density at radius 2 is 2.00 bits per heavy atom. The third-order valence-corrected chi connectivity index (χ3v) is 2.98. The van der Waals surface area contributed by atoms with Crippen molar-refractivity contribution in [2.75, 3.05) is 0 Å². The van der Waals surface area contributed by atoms with Crippen molar-refractivity contribution in [3.05, 3.63) is 53.9 Å². The summed E-state index contributed by atoms with van der Waals surface area (Å²) < 4.78 is 2.09. The topological polar surface area (TPSA) is 17.8 Å². The van der Waals surface area contributed by atoms with Crippen LogP contribution < -0.4 is 0 Å². The van der Waals surface area contributed by atoms with Gasteiger partial charge >= 0.3 is 0 Å². The number of aryl methyl sites for hydroxylation is 3. The number of unbranched alkanes of at least 4 members (excludes halogenated alkanes) is 1. The third kappa shape index (κ3) is 3.45. The molecule has 1 aromatic carbocycles. The van der Waals surface area contributed by atoms with Crippen LogP contribution in [0.15, 0.2) is 36.4 Å². The fraction of sp³-hybridized carbons (Fsp3) is 0.400. The predicted octanol–water partition coefficient (Wildman–Crippen LogP) is 3.27. The van der Waals surface area contributed by atoms with Crippen LogP contribution in [0.3, 0.4) is 0 Å². The zero-order valence-electron chi connectivity index (χ0n) is 10.4. The summed E-state index contributed by atoms with van der Waals surface area (Å²) >= 11 is 0. The average molecular weight is 227 g/mol. The van der Waals surface area contributed by atoms with Crippen LogP contribution in [0.4, 0.5) is 0 Å². The Balaban J connectivity index is 1.92. The highest BCUT2D eigenvalue weighted by atomic mass is 15.3. The van der Waals surface area contributed by atoms with Crippen LogP contribution in [0, 0.1) is 6.20 Å². The van der Waals surface area contributed by atoms with E-state index in [1.807, 2.05) is 6.07 Å². The summed E-state index contributed by atoms with van der Waals surface area (Å²) in [6.07, 6.45) is 7.56. The lowest BCUT2D eigenvalue weighted by atomic mass is 10.1. The van der Waals surface area contributed by atoms with Crippen molar-refractivity contribution in [1.29, 1.82) is 0 Å². The van der Waals surface area contributed by atoms with E-state index >= 15 is 0 Å². The van der Waals surface area contributed by atoms with Gasteiger partial charge in [-0.25, -0.2) is 0 Å². The Hall–Kier alpha value is -1.57. The van der Waals surface area contributed by atoms with Gasteiger partial charge in [0.15, 0.2) is 0 Å². The second-order valence-corrected chi connectivity index (χ2v) is 4.33. The normalized spacial score (nSPS) is 10.6. The van der Waals surface area contributed by atoms with Gasteiger partial charge in [-0.05, 0) is 30.9 Å². The molecule has 2 rings (SSSR count). The van der Waals surface area contributed by atoms with Crippen LogP contribution in [-0.2, 0) is 19.4 Å². The lowest BCUT2D eigenvalue weighted by Gasteiger charge is -2.07. The minimum Gasteiger partial charge on any atom is -0.269 e. The van der Waals surface area contributed by atoms with Gasteiger partial charge in [-0.1, -0.05) is 43.7 Å². The molecule has 1 heterocycles. The van der Waals surface area contributed by atoms with Crippen molar-refractivity contribution in [3.63, 3.8) is 0 Å². The number of rotatable bonds is 6. The van der Waals surface area contributed by atoms with Crippen molar-refractivity contribution < 1.29 is 0 Å². The van der Waals surface area contributed by atoms with Crippen LogP contribution in [-0.4, -0.2) is 9.78 Å². The molecule has 0 bridgehead atoms. The van der Waals surface area contributed by atoms with Gasteiger partial charge in [-0.15, -0.1) is 0 Å². The SMILES string of the molecule is CCCCc1c[c]nn1CCc1ccccc1. The summed E-state index contributed by atoms with van der Waals surface area (Å²) in [6.45, 7) is 3.17. The Bertz CT molecular complexity index is 431. The fourth-order valence-electron chi connectivity index (χ4n) is 1.94. The predicted molar refractivity (Wildman–Crippen MR) is 69.8 cm³/mol. The minimum absolute atomic E-state index is 0.951. The van der Waals surface area contributed by atoms with E-state index in [1.165, 1.54) is 24.1 Å². The first-order valence-corrected chi connectivity index (χ1v) is 6.37. The van der Waals surface area contributed by atoms with Crippen molar-refractivity contribution in [1.82, 2.24) is 9.78 Å². The Labute approximate surface area is 103 Å². The first kappa shape index (κ1) is 11.9. The molecule has 1 radical (unpaired) electrons. The first-order valence-electron chi connectivity index (χ1n) is 6.37. The van der Waals surface area contributed by atoms with Crippen molar-refractivity contribution in [2.24, 2.45) is 0 Å². The first-order chi connectivity index (χ1) is 8.40. The molecule has 0 fully saturated rings. The van der Waals surface area contributed by atoms with Gasteiger partial charge in [-0.3, -0.25) is 4.68 Å². The fourth-order valence-corrected chi connectivity index (χ4v) is 1.94. The van der Waals surface area contributed by atoms with Crippen molar-refractivity contribution in [2.45, 2.75) is 39.2 Å². The minimum atomic E-state index is 0.951. The zero-order valence-corrected chi connectivity index (χ0v) is 10.4. The van der Waals surface area contributed by atoms with Crippen LogP contribution in [0.2, 0.25) is 0 Å². The molecule has 2 aromatic rings. The molecule has 0 aliphatic carbocycles. The highest BCUT2D eigenvalue weighted by Gasteiger charge is 2.02. The monoisotopic (exact) mass is 227 g/mol. The van der Waals surface area contributed by atoms with Gasteiger partial charge in [0.05, 0.1) is 0 Å². The quantitative estimate of drug-likeness (QED) is 0.740. The van der Waals surface area contributed by atoms with E-state index in [0.717, 1.165) is 19.4 Å². The summed E-state index contributed by atoms with van der Waals surface area (Å²) in [6, 6.07) is 12.6. The molecule has 0 aliphatic heterocycles. The van der Waals surface area contributed by atoms with E-state index in [0.29, 0.717) is 0 Å². The maximum Gasteiger partial charge on any atom is 0.113 e. The number of hydrogen-bond donors (Lipinski definition) is 0. The number of aromatic nitrogens is 2. The van der Waals surface area contributed by atoms with Crippen LogP contribution in [0.25, 0.3) is 0 Å². The lowest BCUT2D eigenvalue weighted by molar-refractivity contribution is 0.574. The van der Waals surface area contributed by atoms with E-state index in [4.69, 9.17) is 0 Å². The molecule has 0 amide bonds. The standard InChI is InChI=1S/C15H19N2/c1-2-3-9-15-10-12-16-17(15)13-11-14-7-5-4-6-8-14/h4-8,10H,2-3,9,11,13H2,1H3. The van der Waals surface area contributed by atoms with Gasteiger partial charge in [-0.2, -0.15) is 5.10 Å². The number of hydrogen-bond acceptors (Lipinski definition) is 1. The van der Waals surface area contributed by atoms with Crippen LogP contribution in [0.1, 0.15) is 31.0 Å². The summed E-state index contributed by atoms with van der Waals surface area (Å²) in [5, 5.41) is 4.28. The Morgan fingerprint density at radius 1 is 1.18 bits per heavy atom. The molecule has 2 heteroatoms. The van der Waals surface area contributed by atoms with Crippen molar-refractivity contribution in [3.8, 4) is 0 Å². The van der Waals surface area contributed by atoms with E-state index in [1.54, 1.807) is 0 Å². The van der Waals surface area contributed by atoms with Gasteiger partial charge < -0.3 is 0 Å². The molecule has 0 atom stereocenters. The van der Waals surface area contributed by atoms with E-state index in [-0.39, 0.29) is 0 Å². The summed E-state index contributed by atoms with van der Waals surface area (Å²) in [5.41, 5.74) is 2.67. The van der Waals surface area contributed by atoms with E-state index in [9.17, 15) is 0 Å². The Kier molecular flexibility index (Phi) is 4.37. The molecule has 0 aliphatic rings. The maximum atomic E-state index is 4.28. The molecule has 0 N–H and O–H groups in total. The van der Waals surface area contributed by atoms with E-state index < -0.39 is 0 Å². The summed E-state index contributed by atoms with van der Waals surface area (Å²) in [4.78, 5) is 0. The molecule has 0 saturated carbocycles. The lowest BCUT2D eigenvalue weighted by Crippen LogP contribution is -2.07. The van der Waals surface area contributed by atoms with E-state index in [2.05, 4.69) is 53.2 Å². The summed E-state index contributed by atoms with van der Waals surface area (Å²) in [5.74, 6) is 0. The third-order valence-electron chi connectivity index (χ3n) is 2.98. The second kappa shape index (κ2) is 6.24. The summed E-state index contributed by atoms with van der Waals surface area (Å²) in [7, 11) is 0. The smallest absolute Gasteiger partial charge is 0.113 e. The zero-order chi connectivity index (χ0) is 11.9. The van der Waals surface area contributed by atoms with Gasteiger partial charge in [0.1, 0.15) is 6.20 Å². The molecule has 0 spiro atoms. The molecular weight excluding hydrogens is 208 g/mol. The number of benzene rings is 1. The molecular formula is C15H19N2. The van der Waals surface area contributed by atoms with Crippen LogP contribution in [0.5, 0.6) is 0 Å². The highest BCUT2D eigenvalue weighted by Crippen LogP contribution is 2.07. The van der Waals surface area contributed by atoms with Gasteiger partial charge in [0.25, 0.3) is 0 Å². The average Bonchev–Trinajstić information content (AvgIpc) is 2.82. The van der Waals surface area contributed by atoms with Crippen LogP contribution >= 0.6 is 0 Å².